The maximum Gasteiger partial charge on any atom is 0.268 e. The van der Waals surface area contributed by atoms with Crippen molar-refractivity contribution in [1.29, 1.82) is 0 Å². The summed E-state index contributed by atoms with van der Waals surface area (Å²) in [5.74, 6) is 0.486. The Morgan fingerprint density at radius 1 is 1.47 bits per heavy atom. The summed E-state index contributed by atoms with van der Waals surface area (Å²) in [5.41, 5.74) is 0.704. The van der Waals surface area contributed by atoms with E-state index in [-0.39, 0.29) is 5.91 Å². The summed E-state index contributed by atoms with van der Waals surface area (Å²) in [4.78, 5) is 14.4. The second kappa shape index (κ2) is 7.10. The molecule has 0 saturated carbocycles. The lowest BCUT2D eigenvalue weighted by Gasteiger charge is -2.28. The van der Waals surface area contributed by atoms with Gasteiger partial charge in [0.25, 0.3) is 5.91 Å². The first-order valence-electron chi connectivity index (χ1n) is 6.67. The number of nitrogens with zero attached hydrogens (tertiary/aromatic N) is 2. The van der Waals surface area contributed by atoms with Crippen LogP contribution in [0.5, 0.6) is 0 Å². The van der Waals surface area contributed by atoms with Crippen molar-refractivity contribution in [1.82, 2.24) is 14.8 Å². The van der Waals surface area contributed by atoms with E-state index >= 15 is 0 Å². The number of hydrogen-bond donors (Lipinski definition) is 1. The van der Waals surface area contributed by atoms with Crippen LogP contribution in [0.3, 0.4) is 0 Å². The second-order valence-electron chi connectivity index (χ2n) is 5.31. The maximum absolute atomic E-state index is 12.2. The third kappa shape index (κ3) is 4.35. The summed E-state index contributed by atoms with van der Waals surface area (Å²) in [6.07, 6.45) is 1.93. The fraction of sp³-hybridized carbons (Fsp3) is 0.643. The third-order valence-electron chi connectivity index (χ3n) is 3.34. The molecule has 1 atom stereocenters. The van der Waals surface area contributed by atoms with E-state index < -0.39 is 0 Å². The molecule has 1 amide bonds. The van der Waals surface area contributed by atoms with Crippen LogP contribution in [0.25, 0.3) is 0 Å². The number of carbonyl (C=O) groups excluding carboxylic acids is 1. The normalized spacial score (nSPS) is 13.1. The first-order chi connectivity index (χ1) is 8.86. The molecule has 0 aliphatic carbocycles. The predicted octanol–water partition coefficient (Wildman–Crippen LogP) is 2.59. The van der Waals surface area contributed by atoms with E-state index in [1.165, 1.54) is 0 Å². The monoisotopic (exact) mass is 329 g/mol. The molecule has 108 valence electrons. The molecule has 5 heteroatoms. The van der Waals surface area contributed by atoms with Crippen molar-refractivity contribution in [2.45, 2.75) is 33.4 Å². The van der Waals surface area contributed by atoms with Gasteiger partial charge in [-0.1, -0.05) is 13.8 Å². The van der Waals surface area contributed by atoms with Crippen LogP contribution in [-0.2, 0) is 6.54 Å². The lowest BCUT2D eigenvalue weighted by Crippen LogP contribution is -2.43. The van der Waals surface area contributed by atoms with Crippen LogP contribution in [0.1, 0.15) is 31.3 Å². The van der Waals surface area contributed by atoms with Gasteiger partial charge in [0, 0.05) is 29.8 Å². The Labute approximate surface area is 124 Å². The molecule has 0 bridgehead atoms. The topological polar surface area (TPSA) is 37.3 Å². The van der Waals surface area contributed by atoms with Gasteiger partial charge in [0.05, 0.1) is 0 Å². The molecule has 0 saturated heterocycles. The van der Waals surface area contributed by atoms with Gasteiger partial charge < -0.3 is 14.8 Å². The van der Waals surface area contributed by atoms with Crippen LogP contribution in [0, 0.1) is 5.92 Å². The van der Waals surface area contributed by atoms with Crippen LogP contribution in [0.2, 0.25) is 0 Å². The number of halogens is 1. The smallest absolute Gasteiger partial charge is 0.268 e. The van der Waals surface area contributed by atoms with Crippen LogP contribution in [0.4, 0.5) is 0 Å². The Hall–Kier alpha value is -0.810. The van der Waals surface area contributed by atoms with E-state index in [0.29, 0.717) is 24.2 Å². The van der Waals surface area contributed by atoms with Gasteiger partial charge in [-0.05, 0) is 48.9 Å². The average Bonchev–Trinajstić information content (AvgIpc) is 2.69. The van der Waals surface area contributed by atoms with E-state index in [9.17, 15) is 4.79 Å². The number of rotatable bonds is 6. The minimum absolute atomic E-state index is 0.0138. The maximum atomic E-state index is 12.2. The zero-order valence-electron chi connectivity index (χ0n) is 12.4. The lowest BCUT2D eigenvalue weighted by molar-refractivity contribution is 0.0925. The van der Waals surface area contributed by atoms with Crippen LogP contribution >= 0.6 is 15.9 Å². The van der Waals surface area contributed by atoms with Gasteiger partial charge in [-0.25, -0.2) is 0 Å². The van der Waals surface area contributed by atoms with E-state index in [1.807, 2.05) is 37.8 Å². The van der Waals surface area contributed by atoms with Gasteiger partial charge in [-0.3, -0.25) is 4.79 Å². The molecule has 4 nitrogen and oxygen atoms in total. The lowest BCUT2D eigenvalue weighted by atomic mass is 10.0. The number of aromatic nitrogens is 1. The Morgan fingerprint density at radius 3 is 2.58 bits per heavy atom. The molecule has 0 fully saturated rings. The quantitative estimate of drug-likeness (QED) is 0.870. The largest absolute Gasteiger partial charge is 0.349 e. The van der Waals surface area contributed by atoms with Crippen LogP contribution < -0.4 is 5.32 Å². The Balaban J connectivity index is 2.69. The fourth-order valence-corrected chi connectivity index (χ4v) is 2.69. The molecule has 0 aliphatic heterocycles. The summed E-state index contributed by atoms with van der Waals surface area (Å²) >= 11 is 3.41. The molecule has 1 aromatic rings. The molecular weight excluding hydrogens is 306 g/mol. The van der Waals surface area contributed by atoms with E-state index in [1.54, 1.807) is 0 Å². The zero-order chi connectivity index (χ0) is 14.6. The van der Waals surface area contributed by atoms with Crippen molar-refractivity contribution in [3.05, 3.63) is 22.4 Å². The zero-order valence-corrected chi connectivity index (χ0v) is 14.0. The van der Waals surface area contributed by atoms with Gasteiger partial charge in [-0.2, -0.15) is 0 Å². The minimum atomic E-state index is -0.0138. The van der Waals surface area contributed by atoms with Crippen molar-refractivity contribution in [2.75, 3.05) is 20.6 Å². The molecule has 0 spiro atoms. The van der Waals surface area contributed by atoms with Crippen molar-refractivity contribution < 1.29 is 4.79 Å². The molecule has 1 aromatic heterocycles. The van der Waals surface area contributed by atoms with E-state index in [0.717, 1.165) is 11.0 Å². The van der Waals surface area contributed by atoms with Crippen LogP contribution in [0.15, 0.2) is 16.7 Å². The highest BCUT2D eigenvalue weighted by Gasteiger charge is 2.18. The van der Waals surface area contributed by atoms with Gasteiger partial charge in [0.2, 0.25) is 0 Å². The van der Waals surface area contributed by atoms with Gasteiger partial charge in [0.15, 0.2) is 0 Å². The number of hydrogen-bond acceptors (Lipinski definition) is 2. The SMILES string of the molecule is CCn1cc(Br)cc1C(=O)NCC(C(C)C)N(C)C. The number of likely N-dealkylation sites (N-methyl/N-ethyl adjacent to an activating group) is 1. The molecule has 19 heavy (non-hydrogen) atoms. The van der Waals surface area contributed by atoms with E-state index in [4.69, 9.17) is 0 Å². The number of aryl methyl sites for hydroxylation is 1. The van der Waals surface area contributed by atoms with Crippen molar-refractivity contribution in [3.8, 4) is 0 Å². The molecule has 1 unspecified atom stereocenters. The van der Waals surface area contributed by atoms with Crippen molar-refractivity contribution >= 4 is 21.8 Å². The average molecular weight is 330 g/mol. The molecular formula is C14H24BrN3O. The highest BCUT2D eigenvalue weighted by Crippen LogP contribution is 2.15. The summed E-state index contributed by atoms with van der Waals surface area (Å²) in [5, 5.41) is 3.03. The highest BCUT2D eigenvalue weighted by atomic mass is 79.9. The molecule has 0 aromatic carbocycles. The summed E-state index contributed by atoms with van der Waals surface area (Å²) in [7, 11) is 4.09. The molecule has 0 aliphatic rings. The first kappa shape index (κ1) is 16.2. The van der Waals surface area contributed by atoms with Gasteiger partial charge in [-0.15, -0.1) is 0 Å². The predicted molar refractivity (Wildman–Crippen MR) is 82.5 cm³/mol. The summed E-state index contributed by atoms with van der Waals surface area (Å²) < 4.78 is 2.88. The molecule has 1 heterocycles. The Morgan fingerprint density at radius 2 is 2.11 bits per heavy atom. The Bertz CT molecular complexity index is 418. The number of nitrogens with one attached hydrogen (secondary N) is 1. The third-order valence-corrected chi connectivity index (χ3v) is 3.77. The first-order valence-corrected chi connectivity index (χ1v) is 7.46. The molecule has 0 radical (unpaired) electrons. The molecule has 1 N–H and O–H groups in total. The Kier molecular flexibility index (Phi) is 6.07. The summed E-state index contributed by atoms with van der Waals surface area (Å²) in [6, 6.07) is 2.20. The van der Waals surface area contributed by atoms with Gasteiger partial charge in [0.1, 0.15) is 5.69 Å². The van der Waals surface area contributed by atoms with Crippen molar-refractivity contribution in [2.24, 2.45) is 5.92 Å². The fourth-order valence-electron chi connectivity index (χ4n) is 2.23. The van der Waals surface area contributed by atoms with Crippen molar-refractivity contribution in [3.63, 3.8) is 0 Å². The standard InChI is InChI=1S/C14H24BrN3O/c1-6-18-9-11(15)7-12(18)14(19)16-8-13(10(2)3)17(4)5/h7,9-10,13H,6,8H2,1-5H3,(H,16,19). The minimum Gasteiger partial charge on any atom is -0.349 e. The highest BCUT2D eigenvalue weighted by molar-refractivity contribution is 9.10. The number of carbonyl (C=O) groups is 1. The van der Waals surface area contributed by atoms with Gasteiger partial charge >= 0.3 is 0 Å². The van der Waals surface area contributed by atoms with E-state index in [2.05, 4.69) is 40.0 Å². The summed E-state index contributed by atoms with van der Waals surface area (Å²) in [6.45, 7) is 7.82. The second-order valence-corrected chi connectivity index (χ2v) is 6.23. The number of amides is 1. The van der Waals surface area contributed by atoms with Crippen LogP contribution in [-0.4, -0.2) is 42.1 Å². The molecule has 1 rings (SSSR count).